The minimum atomic E-state index is -3.62. The topological polar surface area (TPSA) is 113 Å². The predicted octanol–water partition coefficient (Wildman–Crippen LogP) is 0.380. The normalized spacial score (nSPS) is 11.3. The summed E-state index contributed by atoms with van der Waals surface area (Å²) in [6.07, 6.45) is 2.37. The first-order valence-electron chi connectivity index (χ1n) is 5.89. The molecule has 0 aromatic carbocycles. The monoisotopic (exact) mass is 368 g/mol. The van der Waals surface area contributed by atoms with E-state index in [0.29, 0.717) is 30.6 Å². The first-order valence-corrected chi connectivity index (χ1v) is 8.34. The van der Waals surface area contributed by atoms with Crippen LogP contribution in [0.4, 0.5) is 4.79 Å². The highest BCUT2D eigenvalue weighted by atomic mass is 79.9. The van der Waals surface area contributed by atoms with Crippen LogP contribution in [0.25, 0.3) is 0 Å². The fourth-order valence-corrected chi connectivity index (χ4v) is 2.77. The van der Waals surface area contributed by atoms with Gasteiger partial charge in [-0.3, -0.25) is 0 Å². The Kier molecular flexibility index (Phi) is 6.96. The van der Waals surface area contributed by atoms with E-state index in [9.17, 15) is 13.2 Å². The van der Waals surface area contributed by atoms with Gasteiger partial charge in [0.05, 0.1) is 17.8 Å². The second-order valence-corrected chi connectivity index (χ2v) is 6.54. The van der Waals surface area contributed by atoms with Crippen LogP contribution >= 0.6 is 15.9 Å². The van der Waals surface area contributed by atoms with Crippen molar-refractivity contribution in [2.75, 3.05) is 26.0 Å². The highest BCUT2D eigenvalue weighted by Crippen LogP contribution is 2.10. The molecule has 20 heavy (non-hydrogen) atoms. The lowest BCUT2D eigenvalue weighted by atomic mass is 10.3. The molecule has 2 amide bonds. The van der Waals surface area contributed by atoms with Crippen molar-refractivity contribution in [3.8, 4) is 0 Å². The van der Waals surface area contributed by atoms with Crippen LogP contribution in [-0.4, -0.2) is 50.4 Å². The number of sulfonamides is 1. The van der Waals surface area contributed by atoms with Crippen molar-refractivity contribution in [1.82, 2.24) is 20.0 Å². The van der Waals surface area contributed by atoms with Gasteiger partial charge >= 0.3 is 6.03 Å². The van der Waals surface area contributed by atoms with Gasteiger partial charge < -0.3 is 15.0 Å². The molecule has 0 aliphatic carbocycles. The minimum Gasteiger partial charge on any atom is -0.385 e. The van der Waals surface area contributed by atoms with Gasteiger partial charge in [0, 0.05) is 26.7 Å². The van der Waals surface area contributed by atoms with Crippen LogP contribution in [0.2, 0.25) is 0 Å². The molecule has 3 N–H and O–H groups in total. The van der Waals surface area contributed by atoms with Crippen LogP contribution in [0.1, 0.15) is 12.1 Å². The summed E-state index contributed by atoms with van der Waals surface area (Å²) >= 11 is 3.24. The molecule has 10 heteroatoms. The average Bonchev–Trinajstić information content (AvgIpc) is 2.74. The highest BCUT2D eigenvalue weighted by molar-refractivity contribution is 9.10. The van der Waals surface area contributed by atoms with Crippen molar-refractivity contribution in [3.63, 3.8) is 0 Å². The number of aromatic amines is 1. The van der Waals surface area contributed by atoms with Crippen LogP contribution in [-0.2, 0) is 21.2 Å². The van der Waals surface area contributed by atoms with Gasteiger partial charge in [0.1, 0.15) is 4.60 Å². The number of aromatic nitrogens is 2. The van der Waals surface area contributed by atoms with Crippen LogP contribution < -0.4 is 10.0 Å². The van der Waals surface area contributed by atoms with Crippen LogP contribution in [0.5, 0.6) is 0 Å². The summed E-state index contributed by atoms with van der Waals surface area (Å²) in [5.41, 5.74) is 0.827. The molecule has 0 atom stereocenters. The number of ether oxygens (including phenoxy) is 1. The lowest BCUT2D eigenvalue weighted by molar-refractivity contribution is 0.199. The Morgan fingerprint density at radius 1 is 1.55 bits per heavy atom. The number of H-pyrrole nitrogens is 1. The van der Waals surface area contributed by atoms with E-state index in [1.165, 1.54) is 13.4 Å². The first kappa shape index (κ1) is 16.9. The van der Waals surface area contributed by atoms with Gasteiger partial charge in [0.15, 0.2) is 0 Å². The maximum atomic E-state index is 11.5. The number of rotatable bonds is 8. The molecule has 8 nitrogen and oxygen atoms in total. The van der Waals surface area contributed by atoms with E-state index in [-0.39, 0.29) is 5.75 Å². The molecule has 0 unspecified atom stereocenters. The zero-order valence-corrected chi connectivity index (χ0v) is 13.4. The van der Waals surface area contributed by atoms with E-state index < -0.39 is 16.1 Å². The number of nitrogens with one attached hydrogen (secondary N) is 3. The van der Waals surface area contributed by atoms with Gasteiger partial charge in [-0.2, -0.15) is 0 Å². The molecule has 0 fully saturated rings. The third kappa shape index (κ3) is 6.35. The molecule has 0 radical (unpaired) electrons. The fraction of sp³-hybridized carbons (Fsp3) is 0.600. The van der Waals surface area contributed by atoms with Gasteiger partial charge in [-0.15, -0.1) is 0 Å². The SMILES string of the molecule is COCCCS(=O)(=O)NC(=O)NCCc1[nH]cnc1Br. The number of hydrogen-bond donors (Lipinski definition) is 3. The maximum absolute atomic E-state index is 11.5. The first-order chi connectivity index (χ1) is 9.44. The molecule has 114 valence electrons. The summed E-state index contributed by atoms with van der Waals surface area (Å²) in [4.78, 5) is 18.3. The van der Waals surface area contributed by atoms with E-state index in [0.717, 1.165) is 5.69 Å². The van der Waals surface area contributed by atoms with E-state index in [2.05, 4.69) is 31.2 Å². The Morgan fingerprint density at radius 2 is 2.30 bits per heavy atom. The molecule has 1 heterocycles. The van der Waals surface area contributed by atoms with Gasteiger partial charge in [-0.1, -0.05) is 0 Å². The van der Waals surface area contributed by atoms with E-state index in [1.54, 1.807) is 0 Å². The Hall–Kier alpha value is -1.13. The molecule has 1 aromatic rings. The quantitative estimate of drug-likeness (QED) is 0.574. The number of nitrogens with zero attached hydrogens (tertiary/aromatic N) is 1. The van der Waals surface area contributed by atoms with Crippen molar-refractivity contribution in [2.45, 2.75) is 12.8 Å². The molecule has 0 saturated carbocycles. The third-order valence-electron chi connectivity index (χ3n) is 2.34. The molecule has 1 rings (SSSR count). The maximum Gasteiger partial charge on any atom is 0.328 e. The van der Waals surface area contributed by atoms with Crippen molar-refractivity contribution < 1.29 is 17.9 Å². The van der Waals surface area contributed by atoms with Gasteiger partial charge in [-0.05, 0) is 22.4 Å². The van der Waals surface area contributed by atoms with Crippen molar-refractivity contribution >= 4 is 32.0 Å². The number of amides is 2. The number of imidazole rings is 1. The van der Waals surface area contributed by atoms with Gasteiger partial charge in [-0.25, -0.2) is 22.9 Å². The van der Waals surface area contributed by atoms with Crippen molar-refractivity contribution in [3.05, 3.63) is 16.6 Å². The summed E-state index contributed by atoms with van der Waals surface area (Å²) in [6, 6.07) is -0.738. The number of halogens is 1. The summed E-state index contributed by atoms with van der Waals surface area (Å²) in [5.74, 6) is -0.152. The molecule has 0 aliphatic rings. The number of carbonyl (C=O) groups excluding carboxylic acids is 1. The molecule has 0 aliphatic heterocycles. The zero-order chi connectivity index (χ0) is 15.0. The minimum absolute atomic E-state index is 0.152. The van der Waals surface area contributed by atoms with Crippen molar-refractivity contribution in [2.24, 2.45) is 0 Å². The molecule has 1 aromatic heterocycles. The lowest BCUT2D eigenvalue weighted by Crippen LogP contribution is -2.41. The molecular formula is C10H17BrN4O4S. The van der Waals surface area contributed by atoms with E-state index in [4.69, 9.17) is 4.74 Å². The lowest BCUT2D eigenvalue weighted by Gasteiger charge is -2.08. The zero-order valence-electron chi connectivity index (χ0n) is 11.0. The van der Waals surface area contributed by atoms with Crippen LogP contribution in [0, 0.1) is 0 Å². The predicted molar refractivity (Wildman–Crippen MR) is 76.8 cm³/mol. The van der Waals surface area contributed by atoms with E-state index in [1.807, 2.05) is 4.72 Å². The Morgan fingerprint density at radius 3 is 2.90 bits per heavy atom. The Balaban J connectivity index is 2.27. The smallest absolute Gasteiger partial charge is 0.328 e. The average molecular weight is 369 g/mol. The number of carbonyl (C=O) groups is 1. The van der Waals surface area contributed by atoms with Crippen molar-refractivity contribution in [1.29, 1.82) is 0 Å². The molecular weight excluding hydrogens is 352 g/mol. The summed E-state index contributed by atoms with van der Waals surface area (Å²) in [6.45, 7) is 0.622. The van der Waals surface area contributed by atoms with Gasteiger partial charge in [0.2, 0.25) is 10.0 Å². The fourth-order valence-electron chi connectivity index (χ4n) is 1.40. The number of hydrogen-bond acceptors (Lipinski definition) is 5. The largest absolute Gasteiger partial charge is 0.385 e. The summed E-state index contributed by atoms with van der Waals surface area (Å²) in [5, 5.41) is 2.47. The van der Waals surface area contributed by atoms with Crippen LogP contribution in [0.15, 0.2) is 10.9 Å². The second-order valence-electron chi connectivity index (χ2n) is 3.95. The molecule has 0 bridgehead atoms. The second kappa shape index (κ2) is 8.22. The third-order valence-corrected chi connectivity index (χ3v) is 4.34. The molecule has 0 saturated heterocycles. The van der Waals surface area contributed by atoms with E-state index >= 15 is 0 Å². The van der Waals surface area contributed by atoms with Gasteiger partial charge in [0.25, 0.3) is 0 Å². The molecule has 0 spiro atoms. The van der Waals surface area contributed by atoms with Crippen LogP contribution in [0.3, 0.4) is 0 Å². The number of methoxy groups -OCH3 is 1. The summed E-state index contributed by atoms with van der Waals surface area (Å²) < 4.78 is 30.4. The Bertz CT molecular complexity index is 531. The number of urea groups is 1. The summed E-state index contributed by atoms with van der Waals surface area (Å²) in [7, 11) is -2.13. The standard InChI is InChI=1S/C10H17BrN4O4S/c1-19-5-2-6-20(17,18)15-10(16)12-4-3-8-9(11)14-7-13-8/h7H,2-6H2,1H3,(H,13,14)(H2,12,15,16). The Labute approximate surface area is 125 Å². The highest BCUT2D eigenvalue weighted by Gasteiger charge is 2.13.